The third-order valence-corrected chi connectivity index (χ3v) is 3.65. The van der Waals surface area contributed by atoms with E-state index in [0.717, 1.165) is 5.69 Å². The summed E-state index contributed by atoms with van der Waals surface area (Å²) in [5.41, 5.74) is 2.09. The summed E-state index contributed by atoms with van der Waals surface area (Å²) in [5.74, 6) is 1.10. The number of carbonyl (C=O) groups is 2. The molecule has 0 aliphatic carbocycles. The van der Waals surface area contributed by atoms with Crippen LogP contribution in [0.5, 0.6) is 11.5 Å². The molecule has 25 heavy (non-hydrogen) atoms. The number of ketones is 1. The van der Waals surface area contributed by atoms with E-state index in [-0.39, 0.29) is 18.1 Å². The van der Waals surface area contributed by atoms with Gasteiger partial charge in [-0.2, -0.15) is 0 Å². The minimum Gasteiger partial charge on any atom is -0.497 e. The zero-order valence-corrected chi connectivity index (χ0v) is 14.6. The summed E-state index contributed by atoms with van der Waals surface area (Å²) in [5, 5.41) is 5.97. The van der Waals surface area contributed by atoms with E-state index in [9.17, 15) is 9.59 Å². The number of Topliss-reactive ketones (excluding diaryl/α,β-unsaturated/α-hetero) is 1. The van der Waals surface area contributed by atoms with Crippen LogP contribution in [0, 0.1) is 0 Å². The molecule has 0 saturated carbocycles. The van der Waals surface area contributed by atoms with Crippen molar-refractivity contribution in [2.24, 2.45) is 0 Å². The maximum atomic E-state index is 12.1. The smallest absolute Gasteiger partial charge is 0.226 e. The Bertz CT molecular complexity index is 742. The van der Waals surface area contributed by atoms with Crippen LogP contribution < -0.4 is 20.1 Å². The molecule has 2 aromatic rings. The summed E-state index contributed by atoms with van der Waals surface area (Å²) in [6, 6.07) is 12.4. The third-order valence-electron chi connectivity index (χ3n) is 3.65. The first-order valence-corrected chi connectivity index (χ1v) is 7.90. The normalized spacial score (nSPS) is 10.0. The second kappa shape index (κ2) is 8.73. The predicted molar refractivity (Wildman–Crippen MR) is 97.7 cm³/mol. The molecule has 2 rings (SSSR count). The zero-order valence-electron chi connectivity index (χ0n) is 14.6. The summed E-state index contributed by atoms with van der Waals surface area (Å²) in [6.45, 7) is 2.00. The molecule has 0 spiro atoms. The van der Waals surface area contributed by atoms with Gasteiger partial charge >= 0.3 is 0 Å². The van der Waals surface area contributed by atoms with Crippen molar-refractivity contribution in [1.29, 1.82) is 0 Å². The molecule has 2 aromatic carbocycles. The summed E-state index contributed by atoms with van der Waals surface area (Å²) in [4.78, 5) is 23.4. The molecule has 0 fully saturated rings. The van der Waals surface area contributed by atoms with Gasteiger partial charge < -0.3 is 20.1 Å². The maximum Gasteiger partial charge on any atom is 0.226 e. The standard InChI is InChI=1S/C19H22N2O4/c1-13(22)14-4-6-15(7-5-14)20-11-10-19(23)21-17-12-16(24-2)8-9-18(17)25-3/h4-9,12,20H,10-11H2,1-3H3,(H,21,23). The van der Waals surface area contributed by atoms with Gasteiger partial charge in [-0.1, -0.05) is 0 Å². The molecule has 6 nitrogen and oxygen atoms in total. The minimum atomic E-state index is -0.139. The number of methoxy groups -OCH3 is 2. The van der Waals surface area contributed by atoms with E-state index in [1.54, 1.807) is 44.6 Å². The number of benzene rings is 2. The Morgan fingerprint density at radius 3 is 2.32 bits per heavy atom. The fourth-order valence-corrected chi connectivity index (χ4v) is 2.27. The van der Waals surface area contributed by atoms with E-state index in [1.807, 2.05) is 12.1 Å². The monoisotopic (exact) mass is 342 g/mol. The van der Waals surface area contributed by atoms with E-state index in [2.05, 4.69) is 10.6 Å². The molecule has 0 radical (unpaired) electrons. The Morgan fingerprint density at radius 2 is 1.72 bits per heavy atom. The molecular formula is C19H22N2O4. The van der Waals surface area contributed by atoms with Crippen molar-refractivity contribution in [2.45, 2.75) is 13.3 Å². The highest BCUT2D eigenvalue weighted by Crippen LogP contribution is 2.28. The number of nitrogens with one attached hydrogen (secondary N) is 2. The summed E-state index contributed by atoms with van der Waals surface area (Å²) < 4.78 is 10.4. The van der Waals surface area contributed by atoms with E-state index in [1.165, 1.54) is 6.92 Å². The number of carbonyl (C=O) groups excluding carboxylic acids is 2. The second-order valence-corrected chi connectivity index (χ2v) is 5.42. The van der Waals surface area contributed by atoms with Crippen molar-refractivity contribution < 1.29 is 19.1 Å². The van der Waals surface area contributed by atoms with E-state index >= 15 is 0 Å². The van der Waals surface area contributed by atoms with Crippen LogP contribution in [0.2, 0.25) is 0 Å². The SMILES string of the molecule is COc1ccc(OC)c(NC(=O)CCNc2ccc(C(C)=O)cc2)c1. The van der Waals surface area contributed by atoms with Gasteiger partial charge in [-0.3, -0.25) is 9.59 Å². The highest BCUT2D eigenvalue weighted by Gasteiger charge is 2.09. The van der Waals surface area contributed by atoms with Crippen LogP contribution in [0.15, 0.2) is 42.5 Å². The van der Waals surface area contributed by atoms with Crippen molar-refractivity contribution in [3.63, 3.8) is 0 Å². The lowest BCUT2D eigenvalue weighted by Gasteiger charge is -2.12. The van der Waals surface area contributed by atoms with Crippen molar-refractivity contribution in [1.82, 2.24) is 0 Å². The van der Waals surface area contributed by atoms with Crippen LogP contribution in [0.25, 0.3) is 0 Å². The maximum absolute atomic E-state index is 12.1. The molecule has 0 aliphatic heterocycles. The minimum absolute atomic E-state index is 0.0261. The lowest BCUT2D eigenvalue weighted by Crippen LogP contribution is -2.16. The molecule has 0 aliphatic rings. The van der Waals surface area contributed by atoms with Crippen LogP contribution >= 0.6 is 0 Å². The molecular weight excluding hydrogens is 320 g/mol. The highest BCUT2D eigenvalue weighted by atomic mass is 16.5. The van der Waals surface area contributed by atoms with Gasteiger partial charge in [0.2, 0.25) is 5.91 Å². The summed E-state index contributed by atoms with van der Waals surface area (Å²) >= 11 is 0. The molecule has 0 atom stereocenters. The Morgan fingerprint density at radius 1 is 1.00 bits per heavy atom. The average molecular weight is 342 g/mol. The van der Waals surface area contributed by atoms with E-state index in [0.29, 0.717) is 29.3 Å². The van der Waals surface area contributed by atoms with Crippen LogP contribution in [-0.2, 0) is 4.79 Å². The predicted octanol–water partition coefficient (Wildman–Crippen LogP) is 3.35. The van der Waals surface area contributed by atoms with Gasteiger partial charge in [-0.25, -0.2) is 0 Å². The summed E-state index contributed by atoms with van der Waals surface area (Å²) in [6.07, 6.45) is 0.287. The van der Waals surface area contributed by atoms with Gasteiger partial charge in [0.25, 0.3) is 0 Å². The fraction of sp³-hybridized carbons (Fsp3) is 0.263. The van der Waals surface area contributed by atoms with Crippen molar-refractivity contribution in [3.8, 4) is 11.5 Å². The quantitative estimate of drug-likeness (QED) is 0.720. The molecule has 0 aromatic heterocycles. The van der Waals surface area contributed by atoms with Gasteiger partial charge in [0.1, 0.15) is 11.5 Å². The largest absolute Gasteiger partial charge is 0.497 e. The number of hydrogen-bond acceptors (Lipinski definition) is 5. The lowest BCUT2D eigenvalue weighted by atomic mass is 10.1. The van der Waals surface area contributed by atoms with Gasteiger partial charge in [0.05, 0.1) is 19.9 Å². The molecule has 0 unspecified atom stereocenters. The van der Waals surface area contributed by atoms with Crippen molar-refractivity contribution in [2.75, 3.05) is 31.4 Å². The molecule has 0 saturated heterocycles. The Kier molecular flexibility index (Phi) is 6.39. The molecule has 2 N–H and O–H groups in total. The first kappa shape index (κ1) is 18.3. The molecule has 132 valence electrons. The van der Waals surface area contributed by atoms with E-state index in [4.69, 9.17) is 9.47 Å². The van der Waals surface area contributed by atoms with Crippen molar-refractivity contribution in [3.05, 3.63) is 48.0 Å². The molecule has 0 bridgehead atoms. The topological polar surface area (TPSA) is 76.7 Å². The van der Waals surface area contributed by atoms with Crippen molar-refractivity contribution >= 4 is 23.1 Å². The first-order chi connectivity index (χ1) is 12.0. The van der Waals surface area contributed by atoms with Crippen LogP contribution in [0.1, 0.15) is 23.7 Å². The number of amides is 1. The fourth-order valence-electron chi connectivity index (χ4n) is 2.27. The second-order valence-electron chi connectivity index (χ2n) is 5.42. The highest BCUT2D eigenvalue weighted by molar-refractivity contribution is 5.94. The van der Waals surface area contributed by atoms with Gasteiger partial charge in [0, 0.05) is 30.3 Å². The van der Waals surface area contributed by atoms with E-state index < -0.39 is 0 Å². The summed E-state index contributed by atoms with van der Waals surface area (Å²) in [7, 11) is 3.11. The van der Waals surface area contributed by atoms with Crippen LogP contribution in [0.3, 0.4) is 0 Å². The first-order valence-electron chi connectivity index (χ1n) is 7.90. The van der Waals surface area contributed by atoms with Gasteiger partial charge in [-0.15, -0.1) is 0 Å². The number of rotatable bonds is 8. The Balaban J connectivity index is 1.87. The number of anilines is 2. The molecule has 1 amide bonds. The zero-order chi connectivity index (χ0) is 18.2. The Labute approximate surface area is 147 Å². The van der Waals surface area contributed by atoms with Gasteiger partial charge in [0.15, 0.2) is 5.78 Å². The van der Waals surface area contributed by atoms with Crippen LogP contribution in [0.4, 0.5) is 11.4 Å². The molecule has 6 heteroatoms. The van der Waals surface area contributed by atoms with Crippen LogP contribution in [-0.4, -0.2) is 32.5 Å². The average Bonchev–Trinajstić information content (AvgIpc) is 2.62. The van der Waals surface area contributed by atoms with Gasteiger partial charge in [-0.05, 0) is 43.3 Å². The Hall–Kier alpha value is -3.02. The number of hydrogen-bond donors (Lipinski definition) is 2. The lowest BCUT2D eigenvalue weighted by molar-refractivity contribution is -0.116. The number of ether oxygens (including phenoxy) is 2. The third kappa shape index (κ3) is 5.24. The molecule has 0 heterocycles.